The minimum absolute atomic E-state index is 0.311. The Morgan fingerprint density at radius 2 is 2.00 bits per heavy atom. The number of hydrogen-bond donors (Lipinski definition) is 1. The lowest BCUT2D eigenvalue weighted by atomic mass is 10.4. The lowest BCUT2D eigenvalue weighted by Crippen LogP contribution is -2.40. The molecule has 1 N–H and O–H groups in total. The van der Waals surface area contributed by atoms with Crippen molar-refractivity contribution < 1.29 is 4.74 Å². The van der Waals surface area contributed by atoms with Crippen LogP contribution in [0, 0.1) is 0 Å². The Labute approximate surface area is 97.3 Å². The van der Waals surface area contributed by atoms with Crippen molar-refractivity contribution in [2.75, 3.05) is 31.7 Å². The first-order valence-corrected chi connectivity index (χ1v) is 5.29. The lowest BCUT2D eigenvalue weighted by molar-refractivity contribution is 0.0497. The van der Waals surface area contributed by atoms with Gasteiger partial charge in [-0.25, -0.2) is 5.01 Å². The quantitative estimate of drug-likeness (QED) is 0.859. The second kappa shape index (κ2) is 4.94. The highest BCUT2D eigenvalue weighted by Gasteiger charge is 2.12. The minimum atomic E-state index is 0.311. The third-order valence-electron chi connectivity index (χ3n) is 2.01. The van der Waals surface area contributed by atoms with Gasteiger partial charge in [0.25, 0.3) is 0 Å². The molecule has 5 nitrogen and oxygen atoms in total. The fourth-order valence-electron chi connectivity index (χ4n) is 1.28. The van der Waals surface area contributed by atoms with E-state index in [9.17, 15) is 0 Å². The van der Waals surface area contributed by atoms with Gasteiger partial charge in [0.2, 0.25) is 0 Å². The van der Waals surface area contributed by atoms with Crippen molar-refractivity contribution in [1.82, 2.24) is 15.2 Å². The van der Waals surface area contributed by atoms with Gasteiger partial charge in [-0.05, 0) is 0 Å². The highest BCUT2D eigenvalue weighted by molar-refractivity contribution is 6.33. The number of morpholine rings is 1. The van der Waals surface area contributed by atoms with Gasteiger partial charge < -0.3 is 10.2 Å². The molecule has 2 rings (SSSR count). The number of ether oxygens (including phenoxy) is 1. The summed E-state index contributed by atoms with van der Waals surface area (Å²) in [6, 6.07) is 1.65. The summed E-state index contributed by atoms with van der Waals surface area (Å²) in [5.74, 6) is 0. The Morgan fingerprint density at radius 3 is 2.73 bits per heavy atom. The Morgan fingerprint density at radius 1 is 1.27 bits per heavy atom. The molecule has 0 radical (unpaired) electrons. The highest BCUT2D eigenvalue weighted by Crippen LogP contribution is 2.21. The number of halogens is 2. The van der Waals surface area contributed by atoms with Crippen LogP contribution in [0.15, 0.2) is 6.07 Å². The van der Waals surface area contributed by atoms with Crippen LogP contribution in [0.5, 0.6) is 0 Å². The average Bonchev–Trinajstić information content (AvgIpc) is 2.25. The molecule has 0 spiro atoms. The molecule has 0 amide bonds. The number of nitrogens with one attached hydrogen (secondary N) is 1. The van der Waals surface area contributed by atoms with Crippen LogP contribution in [0.1, 0.15) is 0 Å². The predicted octanol–water partition coefficient (Wildman–Crippen LogP) is 1.44. The Hall–Kier alpha value is -0.620. The molecule has 2 heterocycles. The van der Waals surface area contributed by atoms with E-state index in [0.717, 1.165) is 13.1 Å². The van der Waals surface area contributed by atoms with Gasteiger partial charge in [-0.15, -0.1) is 10.2 Å². The Balaban J connectivity index is 2.05. The normalized spacial score (nSPS) is 17.7. The number of hydrazine groups is 1. The summed E-state index contributed by atoms with van der Waals surface area (Å²) in [5.41, 5.74) is 3.79. The fourth-order valence-corrected chi connectivity index (χ4v) is 1.56. The van der Waals surface area contributed by atoms with Gasteiger partial charge in [-0.2, -0.15) is 0 Å². The molecule has 0 aromatic carbocycles. The van der Waals surface area contributed by atoms with Crippen LogP contribution in [0.25, 0.3) is 0 Å². The topological polar surface area (TPSA) is 50.3 Å². The minimum Gasteiger partial charge on any atom is -0.379 e. The van der Waals surface area contributed by atoms with E-state index in [1.807, 2.05) is 5.01 Å². The third kappa shape index (κ3) is 2.92. The van der Waals surface area contributed by atoms with E-state index in [1.54, 1.807) is 6.07 Å². The van der Waals surface area contributed by atoms with Crippen molar-refractivity contribution in [2.24, 2.45) is 0 Å². The summed E-state index contributed by atoms with van der Waals surface area (Å²) in [6.45, 7) is 3.01. The van der Waals surface area contributed by atoms with Crippen LogP contribution in [0.3, 0.4) is 0 Å². The molecule has 1 saturated heterocycles. The Bertz CT molecular complexity index is 343. The number of aromatic nitrogens is 2. The van der Waals surface area contributed by atoms with Crippen molar-refractivity contribution in [2.45, 2.75) is 0 Å². The van der Waals surface area contributed by atoms with Crippen LogP contribution in [0.4, 0.5) is 5.69 Å². The zero-order chi connectivity index (χ0) is 10.7. The van der Waals surface area contributed by atoms with Gasteiger partial charge in [0.15, 0.2) is 10.3 Å². The summed E-state index contributed by atoms with van der Waals surface area (Å²) >= 11 is 11.6. The predicted molar refractivity (Wildman–Crippen MR) is 58.1 cm³/mol. The molecule has 15 heavy (non-hydrogen) atoms. The average molecular weight is 249 g/mol. The van der Waals surface area contributed by atoms with Crippen molar-refractivity contribution in [1.29, 1.82) is 0 Å². The number of rotatable bonds is 2. The van der Waals surface area contributed by atoms with Crippen LogP contribution in [-0.4, -0.2) is 41.5 Å². The molecule has 0 aliphatic carbocycles. The van der Waals surface area contributed by atoms with Gasteiger partial charge in [0, 0.05) is 19.2 Å². The van der Waals surface area contributed by atoms with E-state index in [-0.39, 0.29) is 0 Å². The molecule has 1 aliphatic heterocycles. The smallest absolute Gasteiger partial charge is 0.176 e. The maximum absolute atomic E-state index is 5.86. The van der Waals surface area contributed by atoms with E-state index >= 15 is 0 Å². The van der Waals surface area contributed by atoms with Crippen LogP contribution in [0.2, 0.25) is 10.3 Å². The summed E-state index contributed by atoms with van der Waals surface area (Å²) in [6.07, 6.45) is 0. The van der Waals surface area contributed by atoms with Gasteiger partial charge in [0.05, 0.1) is 18.9 Å². The van der Waals surface area contributed by atoms with Gasteiger partial charge >= 0.3 is 0 Å². The van der Waals surface area contributed by atoms with Crippen LogP contribution in [-0.2, 0) is 4.74 Å². The zero-order valence-electron chi connectivity index (χ0n) is 7.91. The van der Waals surface area contributed by atoms with Crippen molar-refractivity contribution in [3.63, 3.8) is 0 Å². The van der Waals surface area contributed by atoms with Gasteiger partial charge in [-0.1, -0.05) is 23.2 Å². The maximum atomic E-state index is 5.86. The molecule has 0 unspecified atom stereocenters. The van der Waals surface area contributed by atoms with Crippen molar-refractivity contribution in [3.8, 4) is 0 Å². The number of hydrogen-bond acceptors (Lipinski definition) is 5. The second-order valence-corrected chi connectivity index (χ2v) is 3.83. The molecule has 82 valence electrons. The molecular weight excluding hydrogens is 239 g/mol. The monoisotopic (exact) mass is 248 g/mol. The molecule has 0 atom stereocenters. The summed E-state index contributed by atoms with van der Waals surface area (Å²) in [7, 11) is 0. The maximum Gasteiger partial charge on any atom is 0.176 e. The fraction of sp³-hybridized carbons (Fsp3) is 0.500. The summed E-state index contributed by atoms with van der Waals surface area (Å²) < 4.78 is 5.22. The number of nitrogens with zero attached hydrogens (tertiary/aromatic N) is 3. The van der Waals surface area contributed by atoms with E-state index in [1.165, 1.54) is 0 Å². The molecular formula is C8H10Cl2N4O. The largest absolute Gasteiger partial charge is 0.379 e. The molecule has 0 saturated carbocycles. The van der Waals surface area contributed by atoms with Crippen LogP contribution >= 0.6 is 23.2 Å². The van der Waals surface area contributed by atoms with Crippen molar-refractivity contribution in [3.05, 3.63) is 16.4 Å². The van der Waals surface area contributed by atoms with E-state index < -0.39 is 0 Å². The zero-order valence-corrected chi connectivity index (χ0v) is 9.42. The number of anilines is 1. The standard InChI is InChI=1S/C8H10Cl2N4O/c9-7-5-6(8(10)12-11-7)13-14-1-3-15-4-2-14/h5H,1-4H2,(H,11,13). The van der Waals surface area contributed by atoms with Crippen LogP contribution < -0.4 is 5.43 Å². The van der Waals surface area contributed by atoms with Crippen molar-refractivity contribution >= 4 is 28.9 Å². The van der Waals surface area contributed by atoms with E-state index in [2.05, 4.69) is 15.6 Å². The summed E-state index contributed by atoms with van der Waals surface area (Å²) in [5, 5.41) is 9.97. The molecule has 1 fully saturated rings. The first-order valence-electron chi connectivity index (χ1n) is 4.54. The molecule has 7 heteroatoms. The Kier molecular flexibility index (Phi) is 3.58. The first-order chi connectivity index (χ1) is 7.25. The molecule has 1 aromatic rings. The molecule has 1 aromatic heterocycles. The highest BCUT2D eigenvalue weighted by atomic mass is 35.5. The second-order valence-electron chi connectivity index (χ2n) is 3.08. The van der Waals surface area contributed by atoms with Gasteiger partial charge in [-0.3, -0.25) is 0 Å². The van der Waals surface area contributed by atoms with E-state index in [4.69, 9.17) is 27.9 Å². The molecule has 0 bridgehead atoms. The third-order valence-corrected chi connectivity index (χ3v) is 2.47. The SMILES string of the molecule is Clc1cc(NN2CCOCC2)c(Cl)nn1. The first kappa shape index (κ1) is 10.9. The lowest BCUT2D eigenvalue weighted by Gasteiger charge is -2.27. The summed E-state index contributed by atoms with van der Waals surface area (Å²) in [4.78, 5) is 0. The van der Waals surface area contributed by atoms with Gasteiger partial charge in [0.1, 0.15) is 0 Å². The molecule has 1 aliphatic rings. The van der Waals surface area contributed by atoms with E-state index in [0.29, 0.717) is 29.2 Å².